The van der Waals surface area contributed by atoms with Crippen molar-refractivity contribution >= 4 is 11.7 Å². The Kier molecular flexibility index (Phi) is 2.76. The molecule has 0 amide bonds. The highest BCUT2D eigenvalue weighted by Gasteiger charge is 2.26. The van der Waals surface area contributed by atoms with Gasteiger partial charge in [0.2, 0.25) is 0 Å². The number of aromatic carboxylic acids is 1. The van der Waals surface area contributed by atoms with E-state index in [-0.39, 0.29) is 28.3 Å². The van der Waals surface area contributed by atoms with E-state index in [9.17, 15) is 14.9 Å². The van der Waals surface area contributed by atoms with Gasteiger partial charge in [-0.3, -0.25) is 15.1 Å². The van der Waals surface area contributed by atoms with E-state index in [2.05, 4.69) is 10.1 Å². The maximum absolute atomic E-state index is 11.1. The predicted molar refractivity (Wildman–Crippen MR) is 58.1 cm³/mol. The van der Waals surface area contributed by atoms with Crippen molar-refractivity contribution in [2.45, 2.75) is 6.92 Å². The van der Waals surface area contributed by atoms with Crippen molar-refractivity contribution in [2.75, 3.05) is 0 Å². The highest BCUT2D eigenvalue weighted by Crippen LogP contribution is 2.31. The molecule has 0 saturated carbocycles. The standard InChI is InChI=1S/C10H7N3O5/c1-5-8(10(14)15)9(12-18-5)6-2-3-11-4-7(6)13(16)17/h2-4H,1H3,(H,14,15). The van der Waals surface area contributed by atoms with Crippen molar-refractivity contribution in [1.29, 1.82) is 0 Å². The molecule has 0 radical (unpaired) electrons. The lowest BCUT2D eigenvalue weighted by molar-refractivity contribution is -0.384. The number of aryl methyl sites for hydroxylation is 1. The third-order valence-electron chi connectivity index (χ3n) is 2.33. The van der Waals surface area contributed by atoms with Crippen LogP contribution < -0.4 is 0 Å². The largest absolute Gasteiger partial charge is 0.477 e. The lowest BCUT2D eigenvalue weighted by Crippen LogP contribution is -2.01. The van der Waals surface area contributed by atoms with Crippen LogP contribution in [0.4, 0.5) is 5.69 Å². The van der Waals surface area contributed by atoms with E-state index in [1.165, 1.54) is 19.2 Å². The lowest BCUT2D eigenvalue weighted by Gasteiger charge is -1.99. The molecule has 8 nitrogen and oxygen atoms in total. The third-order valence-corrected chi connectivity index (χ3v) is 2.33. The maximum atomic E-state index is 11.1. The zero-order valence-electron chi connectivity index (χ0n) is 9.15. The van der Waals surface area contributed by atoms with Gasteiger partial charge in [-0.25, -0.2) is 4.79 Å². The van der Waals surface area contributed by atoms with E-state index in [0.717, 1.165) is 6.20 Å². The van der Waals surface area contributed by atoms with E-state index in [1.54, 1.807) is 0 Å². The average Bonchev–Trinajstić information content (AvgIpc) is 2.71. The summed E-state index contributed by atoms with van der Waals surface area (Å²) in [5.41, 5.74) is -0.532. The molecule has 1 N–H and O–H groups in total. The van der Waals surface area contributed by atoms with Crippen LogP contribution in [0.2, 0.25) is 0 Å². The summed E-state index contributed by atoms with van der Waals surface area (Å²) in [4.78, 5) is 24.9. The van der Waals surface area contributed by atoms with Crippen LogP contribution in [-0.2, 0) is 0 Å². The van der Waals surface area contributed by atoms with Crippen molar-refractivity contribution in [3.8, 4) is 11.3 Å². The molecule has 18 heavy (non-hydrogen) atoms. The minimum absolute atomic E-state index is 0.0595. The second-order valence-corrected chi connectivity index (χ2v) is 3.42. The average molecular weight is 249 g/mol. The van der Waals surface area contributed by atoms with E-state index >= 15 is 0 Å². The second kappa shape index (κ2) is 4.24. The fraction of sp³-hybridized carbons (Fsp3) is 0.100. The minimum atomic E-state index is -1.25. The summed E-state index contributed by atoms with van der Waals surface area (Å²) < 4.78 is 4.77. The molecule has 0 aliphatic carbocycles. The lowest BCUT2D eigenvalue weighted by atomic mass is 10.1. The Hall–Kier alpha value is -2.77. The Labute approximate surface area is 100 Å². The molecule has 0 bridgehead atoms. The molecule has 0 spiro atoms. The van der Waals surface area contributed by atoms with Crippen molar-refractivity contribution < 1.29 is 19.3 Å². The van der Waals surface area contributed by atoms with E-state index in [1.807, 2.05) is 0 Å². The number of rotatable bonds is 3. The van der Waals surface area contributed by atoms with Crippen LogP contribution in [0.1, 0.15) is 16.1 Å². The van der Waals surface area contributed by atoms with Gasteiger partial charge in [-0.1, -0.05) is 5.16 Å². The van der Waals surface area contributed by atoms with Crippen LogP contribution in [0, 0.1) is 17.0 Å². The number of nitrogens with zero attached hydrogens (tertiary/aromatic N) is 3. The van der Waals surface area contributed by atoms with Gasteiger partial charge in [-0.05, 0) is 13.0 Å². The first kappa shape index (κ1) is 11.7. The molecule has 0 atom stereocenters. The van der Waals surface area contributed by atoms with Crippen LogP contribution in [-0.4, -0.2) is 26.1 Å². The van der Waals surface area contributed by atoms with Crippen LogP contribution >= 0.6 is 0 Å². The number of carboxylic acid groups (broad SMARTS) is 1. The summed E-state index contributed by atoms with van der Waals surface area (Å²) in [7, 11) is 0. The summed E-state index contributed by atoms with van der Waals surface area (Å²) in [5.74, 6) is -1.17. The van der Waals surface area contributed by atoms with Crippen molar-refractivity contribution in [3.05, 3.63) is 39.9 Å². The van der Waals surface area contributed by atoms with Crippen LogP contribution in [0.5, 0.6) is 0 Å². The maximum Gasteiger partial charge on any atom is 0.341 e. The van der Waals surface area contributed by atoms with E-state index in [0.29, 0.717) is 0 Å². The molecular weight excluding hydrogens is 242 g/mol. The number of carboxylic acids is 1. The Morgan fingerprint density at radius 1 is 1.56 bits per heavy atom. The molecule has 2 rings (SSSR count). The van der Waals surface area contributed by atoms with Crippen LogP contribution in [0.3, 0.4) is 0 Å². The van der Waals surface area contributed by atoms with Gasteiger partial charge in [0.25, 0.3) is 5.69 Å². The molecule has 0 fully saturated rings. The highest BCUT2D eigenvalue weighted by atomic mass is 16.6. The first-order valence-electron chi connectivity index (χ1n) is 4.80. The number of nitro groups is 1. The van der Waals surface area contributed by atoms with Crippen LogP contribution in [0.25, 0.3) is 11.3 Å². The molecule has 2 heterocycles. The van der Waals surface area contributed by atoms with Crippen molar-refractivity contribution in [2.24, 2.45) is 0 Å². The Bertz CT molecular complexity index is 634. The number of hydrogen-bond donors (Lipinski definition) is 1. The molecule has 2 aromatic rings. The molecule has 8 heteroatoms. The van der Waals surface area contributed by atoms with E-state index in [4.69, 9.17) is 9.63 Å². The van der Waals surface area contributed by atoms with Gasteiger partial charge in [0, 0.05) is 6.20 Å². The van der Waals surface area contributed by atoms with Gasteiger partial charge in [0.15, 0.2) is 0 Å². The zero-order valence-corrected chi connectivity index (χ0v) is 9.15. The zero-order chi connectivity index (χ0) is 13.3. The van der Waals surface area contributed by atoms with Gasteiger partial charge < -0.3 is 9.63 Å². The number of aromatic nitrogens is 2. The summed E-state index contributed by atoms with van der Waals surface area (Å²) in [6.07, 6.45) is 2.35. The summed E-state index contributed by atoms with van der Waals surface area (Å²) >= 11 is 0. The molecule has 0 saturated heterocycles. The normalized spacial score (nSPS) is 10.3. The Morgan fingerprint density at radius 2 is 2.28 bits per heavy atom. The third kappa shape index (κ3) is 1.79. The molecular formula is C10H7N3O5. The van der Waals surface area contributed by atoms with Gasteiger partial charge in [0.1, 0.15) is 23.2 Å². The number of carbonyl (C=O) groups is 1. The molecule has 0 aromatic carbocycles. The predicted octanol–water partition coefficient (Wildman–Crippen LogP) is 1.65. The first-order chi connectivity index (χ1) is 8.52. The van der Waals surface area contributed by atoms with E-state index < -0.39 is 10.9 Å². The highest BCUT2D eigenvalue weighted by molar-refractivity contribution is 5.96. The van der Waals surface area contributed by atoms with Gasteiger partial charge in [-0.15, -0.1) is 0 Å². The van der Waals surface area contributed by atoms with Gasteiger partial charge >= 0.3 is 5.97 Å². The Balaban J connectivity index is 2.70. The topological polar surface area (TPSA) is 119 Å². The van der Waals surface area contributed by atoms with Gasteiger partial charge in [-0.2, -0.15) is 0 Å². The number of pyridine rings is 1. The van der Waals surface area contributed by atoms with Crippen molar-refractivity contribution in [1.82, 2.24) is 10.1 Å². The van der Waals surface area contributed by atoms with Gasteiger partial charge in [0.05, 0.1) is 10.5 Å². The fourth-order valence-electron chi connectivity index (χ4n) is 1.54. The number of hydrogen-bond acceptors (Lipinski definition) is 6. The first-order valence-corrected chi connectivity index (χ1v) is 4.80. The molecule has 2 aromatic heterocycles. The SMILES string of the molecule is Cc1onc(-c2ccncc2[N+](=O)[O-])c1C(=O)O. The van der Waals surface area contributed by atoms with Crippen LogP contribution in [0.15, 0.2) is 23.0 Å². The summed E-state index contributed by atoms with van der Waals surface area (Å²) in [6, 6.07) is 1.32. The second-order valence-electron chi connectivity index (χ2n) is 3.42. The molecule has 0 aliphatic heterocycles. The molecule has 0 unspecified atom stereocenters. The molecule has 92 valence electrons. The molecule has 0 aliphatic rings. The summed E-state index contributed by atoms with van der Waals surface area (Å²) in [6.45, 7) is 1.42. The smallest absolute Gasteiger partial charge is 0.341 e. The fourth-order valence-corrected chi connectivity index (χ4v) is 1.54. The Morgan fingerprint density at radius 3 is 2.89 bits per heavy atom. The van der Waals surface area contributed by atoms with Crippen molar-refractivity contribution in [3.63, 3.8) is 0 Å². The minimum Gasteiger partial charge on any atom is -0.477 e. The summed E-state index contributed by atoms with van der Waals surface area (Å²) in [5, 5.41) is 23.4. The monoisotopic (exact) mass is 249 g/mol. The quantitative estimate of drug-likeness (QED) is 0.648.